The van der Waals surface area contributed by atoms with E-state index in [1.165, 1.54) is 0 Å². The third-order valence-corrected chi connectivity index (χ3v) is 7.22. The molecule has 0 bridgehead atoms. The second kappa shape index (κ2) is 9.17. The fraction of sp³-hybridized carbons (Fsp3) is 0.667. The van der Waals surface area contributed by atoms with Crippen LogP contribution >= 0.6 is 0 Å². The van der Waals surface area contributed by atoms with Crippen LogP contribution in [0.25, 0.3) is 0 Å². The highest BCUT2D eigenvalue weighted by Gasteiger charge is 2.53. The summed E-state index contributed by atoms with van der Waals surface area (Å²) in [5.74, 6) is 0.982. The van der Waals surface area contributed by atoms with Crippen molar-refractivity contribution in [1.82, 2.24) is 15.1 Å². The van der Waals surface area contributed by atoms with Crippen LogP contribution in [0.3, 0.4) is 0 Å². The molecule has 2 aliphatic heterocycles. The van der Waals surface area contributed by atoms with Crippen LogP contribution in [0.5, 0.6) is 5.75 Å². The molecular weight excluding hydrogens is 394 g/mol. The summed E-state index contributed by atoms with van der Waals surface area (Å²) in [6, 6.07) is 6.71. The zero-order valence-corrected chi connectivity index (χ0v) is 18.9. The van der Waals surface area contributed by atoms with Crippen molar-refractivity contribution >= 4 is 11.8 Å². The summed E-state index contributed by atoms with van der Waals surface area (Å²) in [5.41, 5.74) is -0.165. The summed E-state index contributed by atoms with van der Waals surface area (Å²) in [7, 11) is 3.69. The molecule has 0 unspecified atom stereocenters. The van der Waals surface area contributed by atoms with E-state index in [0.29, 0.717) is 17.2 Å². The Morgan fingerprint density at radius 3 is 2.55 bits per heavy atom. The fourth-order valence-corrected chi connectivity index (χ4v) is 5.13. The fourth-order valence-electron chi connectivity index (χ4n) is 5.13. The Labute approximate surface area is 185 Å². The summed E-state index contributed by atoms with van der Waals surface area (Å²) >= 11 is 0. The molecular formula is C24H35N3O4. The van der Waals surface area contributed by atoms with Crippen molar-refractivity contribution in [3.8, 4) is 5.75 Å². The molecule has 7 nitrogen and oxygen atoms in total. The van der Waals surface area contributed by atoms with E-state index in [1.54, 1.807) is 24.1 Å². The Morgan fingerprint density at radius 2 is 1.87 bits per heavy atom. The van der Waals surface area contributed by atoms with Crippen LogP contribution < -0.4 is 10.1 Å². The van der Waals surface area contributed by atoms with Gasteiger partial charge in [0, 0.05) is 11.6 Å². The summed E-state index contributed by atoms with van der Waals surface area (Å²) in [4.78, 5) is 31.1. The average Bonchev–Trinajstić information content (AvgIpc) is 3.16. The zero-order valence-electron chi connectivity index (χ0n) is 18.9. The van der Waals surface area contributed by atoms with Crippen molar-refractivity contribution in [3.63, 3.8) is 0 Å². The molecule has 1 spiro atoms. The maximum absolute atomic E-state index is 13.7. The number of nitrogens with zero attached hydrogens (tertiary/aromatic N) is 2. The number of hydrogen-bond donors (Lipinski definition) is 1. The monoisotopic (exact) mass is 429 g/mol. The number of amides is 2. The molecule has 0 aromatic heterocycles. The van der Waals surface area contributed by atoms with Gasteiger partial charge in [-0.05, 0) is 82.8 Å². The van der Waals surface area contributed by atoms with Crippen LogP contribution in [0, 0.1) is 5.92 Å². The van der Waals surface area contributed by atoms with Crippen molar-refractivity contribution in [2.45, 2.75) is 63.3 Å². The summed E-state index contributed by atoms with van der Waals surface area (Å²) in [6.45, 7) is 4.43. The topological polar surface area (TPSA) is 71.1 Å². The van der Waals surface area contributed by atoms with Crippen molar-refractivity contribution in [1.29, 1.82) is 0 Å². The number of carbonyl (C=O) groups excluding carboxylic acids is 2. The molecule has 2 heterocycles. The van der Waals surface area contributed by atoms with Gasteiger partial charge in [-0.25, -0.2) is 0 Å². The van der Waals surface area contributed by atoms with Gasteiger partial charge in [0.2, 0.25) is 5.91 Å². The molecule has 1 aromatic rings. The maximum Gasteiger partial charge on any atom is 0.257 e. The van der Waals surface area contributed by atoms with E-state index < -0.39 is 11.8 Å². The molecule has 3 aliphatic rings. The minimum Gasteiger partial charge on any atom is -0.497 e. The molecule has 7 heteroatoms. The number of carbonyl (C=O) groups is 2. The normalized spacial score (nSPS) is 29.8. The van der Waals surface area contributed by atoms with Gasteiger partial charge in [-0.2, -0.15) is 0 Å². The van der Waals surface area contributed by atoms with Gasteiger partial charge in [0.15, 0.2) is 0 Å². The lowest BCUT2D eigenvalue weighted by Gasteiger charge is -2.43. The summed E-state index contributed by atoms with van der Waals surface area (Å²) < 4.78 is 11.6. The number of likely N-dealkylation sites (tertiary alicyclic amines) is 1. The largest absolute Gasteiger partial charge is 0.497 e. The quantitative estimate of drug-likeness (QED) is 0.797. The van der Waals surface area contributed by atoms with E-state index in [2.05, 4.69) is 24.2 Å². The van der Waals surface area contributed by atoms with Crippen LogP contribution in [0.1, 0.15) is 55.8 Å². The molecule has 1 aromatic carbocycles. The van der Waals surface area contributed by atoms with E-state index in [-0.39, 0.29) is 24.5 Å². The van der Waals surface area contributed by atoms with Crippen LogP contribution in [-0.2, 0) is 9.53 Å². The molecule has 1 saturated carbocycles. The lowest BCUT2D eigenvalue weighted by atomic mass is 9.83. The molecule has 170 valence electrons. The molecule has 1 atom stereocenters. The first-order valence-corrected chi connectivity index (χ1v) is 11.5. The summed E-state index contributed by atoms with van der Waals surface area (Å²) in [5, 5.41) is 3.21. The molecule has 3 fully saturated rings. The van der Waals surface area contributed by atoms with E-state index in [4.69, 9.17) is 9.47 Å². The Balaban J connectivity index is 1.58. The highest BCUT2D eigenvalue weighted by Crippen LogP contribution is 2.43. The van der Waals surface area contributed by atoms with Crippen LogP contribution in [-0.4, -0.2) is 73.3 Å². The van der Waals surface area contributed by atoms with Crippen molar-refractivity contribution in [3.05, 3.63) is 29.8 Å². The van der Waals surface area contributed by atoms with E-state index in [9.17, 15) is 9.59 Å². The Hall–Kier alpha value is -2.12. The predicted molar refractivity (Wildman–Crippen MR) is 118 cm³/mol. The van der Waals surface area contributed by atoms with Crippen molar-refractivity contribution in [2.24, 2.45) is 5.92 Å². The number of benzene rings is 1. The van der Waals surface area contributed by atoms with E-state index in [1.807, 2.05) is 12.1 Å². The van der Waals surface area contributed by atoms with Gasteiger partial charge in [-0.15, -0.1) is 0 Å². The maximum atomic E-state index is 13.7. The first kappa shape index (κ1) is 22.1. The Bertz CT molecular complexity index is 798. The SMILES string of the molecule is COc1cccc(C(=O)N2[C@@H](C(=O)NC3CCN(C)CC3)COC23CCC(C)CC3)c1. The minimum atomic E-state index is -0.693. The number of hydrogen-bond acceptors (Lipinski definition) is 5. The van der Waals surface area contributed by atoms with Gasteiger partial charge < -0.3 is 19.7 Å². The van der Waals surface area contributed by atoms with Gasteiger partial charge in [0.05, 0.1) is 13.7 Å². The highest BCUT2D eigenvalue weighted by atomic mass is 16.5. The summed E-state index contributed by atoms with van der Waals surface area (Å²) in [6.07, 6.45) is 5.38. The average molecular weight is 430 g/mol. The first-order chi connectivity index (χ1) is 14.9. The standard InChI is InChI=1S/C24H35N3O4/c1-17-7-11-24(12-8-17)27(23(29)18-5-4-6-20(15-18)30-3)21(16-31-24)22(28)25-19-9-13-26(2)14-10-19/h4-6,15,17,19,21H,7-14,16H2,1-3H3,(H,25,28)/t17?,21-,24?/m1/s1. The third kappa shape index (κ3) is 4.58. The number of nitrogens with one attached hydrogen (secondary N) is 1. The Morgan fingerprint density at radius 1 is 1.16 bits per heavy atom. The Kier molecular flexibility index (Phi) is 6.53. The zero-order chi connectivity index (χ0) is 22.0. The number of ether oxygens (including phenoxy) is 2. The predicted octanol–water partition coefficient (Wildman–Crippen LogP) is 2.65. The highest BCUT2D eigenvalue weighted by molar-refractivity contribution is 5.98. The van der Waals surface area contributed by atoms with Gasteiger partial charge in [-0.3, -0.25) is 14.5 Å². The number of methoxy groups -OCH3 is 1. The number of rotatable bonds is 4. The second-order valence-corrected chi connectivity index (χ2v) is 9.45. The molecule has 2 amide bonds. The third-order valence-electron chi connectivity index (χ3n) is 7.22. The minimum absolute atomic E-state index is 0.0960. The van der Waals surface area contributed by atoms with Gasteiger partial charge in [0.25, 0.3) is 5.91 Å². The molecule has 31 heavy (non-hydrogen) atoms. The molecule has 1 N–H and O–H groups in total. The van der Waals surface area contributed by atoms with Crippen molar-refractivity contribution < 1.29 is 19.1 Å². The van der Waals surface area contributed by atoms with Crippen LogP contribution in [0.4, 0.5) is 0 Å². The first-order valence-electron chi connectivity index (χ1n) is 11.5. The van der Waals surface area contributed by atoms with Gasteiger partial charge >= 0.3 is 0 Å². The lowest BCUT2D eigenvalue weighted by molar-refractivity contribution is -0.128. The molecule has 4 rings (SSSR count). The van der Waals surface area contributed by atoms with E-state index >= 15 is 0 Å². The van der Waals surface area contributed by atoms with Crippen LogP contribution in [0.2, 0.25) is 0 Å². The molecule has 0 radical (unpaired) electrons. The van der Waals surface area contributed by atoms with Crippen molar-refractivity contribution in [2.75, 3.05) is 33.9 Å². The van der Waals surface area contributed by atoms with Gasteiger partial charge in [0.1, 0.15) is 17.5 Å². The molecule has 1 aliphatic carbocycles. The number of piperidine rings is 1. The molecule has 2 saturated heterocycles. The van der Waals surface area contributed by atoms with E-state index in [0.717, 1.165) is 51.6 Å². The smallest absolute Gasteiger partial charge is 0.257 e. The lowest BCUT2D eigenvalue weighted by Crippen LogP contribution is -2.58. The van der Waals surface area contributed by atoms with Gasteiger partial charge in [-0.1, -0.05) is 13.0 Å². The second-order valence-electron chi connectivity index (χ2n) is 9.45. The van der Waals surface area contributed by atoms with Crippen LogP contribution in [0.15, 0.2) is 24.3 Å².